The monoisotopic (exact) mass is 210 g/mol. The molecule has 0 amide bonds. The molecule has 0 aliphatic heterocycles. The standard InChI is InChI=1S/C8H10N4OS/c1-4(2)12-7(14)5-6(10-3-9-5)11-8(12)13/h3-4H,1-2H3,(H,9,10)(H,11,13). The lowest BCUT2D eigenvalue weighted by Gasteiger charge is -2.08. The first-order chi connectivity index (χ1) is 6.61. The minimum Gasteiger partial charge on any atom is -0.341 e. The van der Waals surface area contributed by atoms with Crippen LogP contribution >= 0.6 is 12.2 Å². The van der Waals surface area contributed by atoms with Crippen LogP contribution in [0.25, 0.3) is 11.2 Å². The van der Waals surface area contributed by atoms with E-state index in [-0.39, 0.29) is 11.7 Å². The molecule has 0 radical (unpaired) electrons. The van der Waals surface area contributed by atoms with E-state index >= 15 is 0 Å². The van der Waals surface area contributed by atoms with Crippen LogP contribution in [0.2, 0.25) is 0 Å². The zero-order valence-electron chi connectivity index (χ0n) is 7.87. The van der Waals surface area contributed by atoms with Crippen LogP contribution in [0.1, 0.15) is 19.9 Å². The van der Waals surface area contributed by atoms with Crippen LogP contribution in [0.4, 0.5) is 0 Å². The van der Waals surface area contributed by atoms with Crippen molar-refractivity contribution in [1.82, 2.24) is 19.5 Å². The Balaban J connectivity index is 2.97. The minimum atomic E-state index is -0.218. The van der Waals surface area contributed by atoms with Crippen molar-refractivity contribution in [2.45, 2.75) is 19.9 Å². The Bertz CT molecular complexity index is 577. The molecule has 0 saturated heterocycles. The summed E-state index contributed by atoms with van der Waals surface area (Å²) in [4.78, 5) is 21.1. The predicted octanol–water partition coefficient (Wildman–Crippen LogP) is 1.36. The molecule has 6 heteroatoms. The first kappa shape index (κ1) is 9.14. The van der Waals surface area contributed by atoms with Crippen LogP contribution in [0.5, 0.6) is 0 Å². The molecule has 0 aliphatic rings. The van der Waals surface area contributed by atoms with Gasteiger partial charge < -0.3 is 4.98 Å². The number of hydrogen-bond donors (Lipinski definition) is 2. The summed E-state index contributed by atoms with van der Waals surface area (Å²) in [5.74, 6) is 0. The molecule has 2 aromatic heterocycles. The van der Waals surface area contributed by atoms with E-state index in [9.17, 15) is 4.79 Å². The van der Waals surface area contributed by atoms with Crippen LogP contribution < -0.4 is 5.69 Å². The molecular formula is C8H10N4OS. The Morgan fingerprint density at radius 1 is 1.57 bits per heavy atom. The first-order valence-electron chi connectivity index (χ1n) is 4.29. The highest BCUT2D eigenvalue weighted by Crippen LogP contribution is 2.08. The minimum absolute atomic E-state index is 0.0407. The fraction of sp³-hybridized carbons (Fsp3) is 0.375. The lowest BCUT2D eigenvalue weighted by molar-refractivity contribution is 0.561. The number of aromatic nitrogens is 4. The molecule has 5 nitrogen and oxygen atoms in total. The normalized spacial score (nSPS) is 11.4. The molecule has 0 aromatic carbocycles. The summed E-state index contributed by atoms with van der Waals surface area (Å²) in [6, 6.07) is 0.0407. The predicted molar refractivity (Wildman–Crippen MR) is 55.9 cm³/mol. The van der Waals surface area contributed by atoms with Crippen molar-refractivity contribution in [2.24, 2.45) is 0 Å². The van der Waals surface area contributed by atoms with Crippen LogP contribution in [-0.2, 0) is 0 Å². The molecule has 14 heavy (non-hydrogen) atoms. The van der Waals surface area contributed by atoms with Gasteiger partial charge in [-0.2, -0.15) is 0 Å². The number of H-pyrrole nitrogens is 2. The quantitative estimate of drug-likeness (QED) is 0.698. The number of nitrogens with one attached hydrogen (secondary N) is 2. The van der Waals surface area contributed by atoms with Crippen LogP contribution in [0, 0.1) is 4.64 Å². The first-order valence-corrected chi connectivity index (χ1v) is 4.70. The molecule has 0 unspecified atom stereocenters. The molecule has 0 aliphatic carbocycles. The number of hydrogen-bond acceptors (Lipinski definition) is 3. The topological polar surface area (TPSA) is 66.5 Å². The van der Waals surface area contributed by atoms with E-state index in [4.69, 9.17) is 12.2 Å². The van der Waals surface area contributed by atoms with E-state index < -0.39 is 0 Å². The SMILES string of the molecule is CC(C)n1c(=O)[nH]c2nc[nH]c2c1=S. The van der Waals surface area contributed by atoms with Crippen molar-refractivity contribution in [3.63, 3.8) is 0 Å². The molecule has 2 aromatic rings. The molecule has 0 saturated carbocycles. The average Bonchev–Trinajstić information content (AvgIpc) is 2.50. The Kier molecular flexibility index (Phi) is 1.99. The molecule has 74 valence electrons. The fourth-order valence-electron chi connectivity index (χ4n) is 1.40. The fourth-order valence-corrected chi connectivity index (χ4v) is 1.84. The van der Waals surface area contributed by atoms with Gasteiger partial charge in [0.25, 0.3) is 0 Å². The number of aromatic amines is 2. The molecule has 2 heterocycles. The maximum absolute atomic E-state index is 11.6. The Hall–Kier alpha value is -1.43. The lowest BCUT2D eigenvalue weighted by atomic mass is 10.4. The number of fused-ring (bicyclic) bond motifs is 1. The van der Waals surface area contributed by atoms with E-state index in [1.54, 1.807) is 0 Å². The molecule has 0 bridgehead atoms. The summed E-state index contributed by atoms with van der Waals surface area (Å²) in [6.45, 7) is 3.82. The van der Waals surface area contributed by atoms with E-state index in [1.165, 1.54) is 10.9 Å². The largest absolute Gasteiger partial charge is 0.341 e. The highest BCUT2D eigenvalue weighted by atomic mass is 32.1. The van der Waals surface area contributed by atoms with Gasteiger partial charge in [0, 0.05) is 6.04 Å². The second-order valence-electron chi connectivity index (χ2n) is 3.33. The molecule has 0 atom stereocenters. The Morgan fingerprint density at radius 2 is 2.29 bits per heavy atom. The third-order valence-corrected chi connectivity index (χ3v) is 2.43. The Labute approximate surface area is 84.8 Å². The third kappa shape index (κ3) is 1.19. The van der Waals surface area contributed by atoms with Crippen molar-refractivity contribution in [2.75, 3.05) is 0 Å². The van der Waals surface area contributed by atoms with Gasteiger partial charge >= 0.3 is 5.69 Å². The maximum Gasteiger partial charge on any atom is 0.328 e. The average molecular weight is 210 g/mol. The summed E-state index contributed by atoms with van der Waals surface area (Å²) in [7, 11) is 0. The van der Waals surface area contributed by atoms with E-state index in [0.29, 0.717) is 15.8 Å². The summed E-state index contributed by atoms with van der Waals surface area (Å²) in [6.07, 6.45) is 1.51. The molecule has 2 rings (SSSR count). The summed E-state index contributed by atoms with van der Waals surface area (Å²) >= 11 is 5.18. The van der Waals surface area contributed by atoms with Crippen molar-refractivity contribution in [3.8, 4) is 0 Å². The van der Waals surface area contributed by atoms with Crippen LogP contribution in [0.15, 0.2) is 11.1 Å². The van der Waals surface area contributed by atoms with Crippen molar-refractivity contribution in [1.29, 1.82) is 0 Å². The number of nitrogens with zero attached hydrogens (tertiary/aromatic N) is 2. The van der Waals surface area contributed by atoms with Gasteiger partial charge in [-0.3, -0.25) is 9.55 Å². The van der Waals surface area contributed by atoms with E-state index in [0.717, 1.165) is 0 Å². The second kappa shape index (κ2) is 3.06. The lowest BCUT2D eigenvalue weighted by Crippen LogP contribution is -2.25. The molecular weight excluding hydrogens is 200 g/mol. The zero-order chi connectivity index (χ0) is 10.3. The van der Waals surface area contributed by atoms with Gasteiger partial charge in [-0.1, -0.05) is 12.2 Å². The maximum atomic E-state index is 11.6. The smallest absolute Gasteiger partial charge is 0.328 e. The van der Waals surface area contributed by atoms with Gasteiger partial charge in [0.1, 0.15) is 10.2 Å². The van der Waals surface area contributed by atoms with Crippen LogP contribution in [-0.4, -0.2) is 19.5 Å². The highest BCUT2D eigenvalue weighted by molar-refractivity contribution is 7.71. The summed E-state index contributed by atoms with van der Waals surface area (Å²) < 4.78 is 2.02. The van der Waals surface area contributed by atoms with E-state index in [2.05, 4.69) is 15.0 Å². The summed E-state index contributed by atoms with van der Waals surface area (Å²) in [5, 5.41) is 0. The van der Waals surface area contributed by atoms with Gasteiger partial charge in [-0.05, 0) is 13.8 Å². The highest BCUT2D eigenvalue weighted by Gasteiger charge is 2.08. The number of rotatable bonds is 1. The van der Waals surface area contributed by atoms with Crippen molar-refractivity contribution >= 4 is 23.4 Å². The van der Waals surface area contributed by atoms with Gasteiger partial charge in [0.2, 0.25) is 0 Å². The summed E-state index contributed by atoms with van der Waals surface area (Å²) in [5.41, 5.74) is 0.995. The van der Waals surface area contributed by atoms with E-state index in [1.807, 2.05) is 13.8 Å². The van der Waals surface area contributed by atoms with Crippen molar-refractivity contribution < 1.29 is 0 Å². The van der Waals surface area contributed by atoms with Crippen molar-refractivity contribution in [3.05, 3.63) is 21.5 Å². The second-order valence-corrected chi connectivity index (χ2v) is 3.71. The van der Waals surface area contributed by atoms with Gasteiger partial charge in [-0.15, -0.1) is 0 Å². The van der Waals surface area contributed by atoms with Gasteiger partial charge in [0.05, 0.1) is 6.33 Å². The number of imidazole rings is 1. The molecule has 0 fully saturated rings. The van der Waals surface area contributed by atoms with Gasteiger partial charge in [0.15, 0.2) is 5.65 Å². The third-order valence-electron chi connectivity index (χ3n) is 2.03. The van der Waals surface area contributed by atoms with Gasteiger partial charge in [-0.25, -0.2) is 9.78 Å². The molecule has 0 spiro atoms. The zero-order valence-corrected chi connectivity index (χ0v) is 8.68. The molecule has 2 N–H and O–H groups in total. The van der Waals surface area contributed by atoms with Crippen LogP contribution in [0.3, 0.4) is 0 Å². The Morgan fingerprint density at radius 3 is 2.93 bits per heavy atom.